The summed E-state index contributed by atoms with van der Waals surface area (Å²) in [5.41, 5.74) is 1.04. The van der Waals surface area contributed by atoms with Crippen LogP contribution in [0.4, 0.5) is 5.82 Å². The maximum absolute atomic E-state index is 11.3. The highest BCUT2D eigenvalue weighted by molar-refractivity contribution is 5.48. The van der Waals surface area contributed by atoms with Crippen LogP contribution in [-0.2, 0) is 6.54 Å². The molecule has 7 nitrogen and oxygen atoms in total. The van der Waals surface area contributed by atoms with Crippen LogP contribution in [-0.4, -0.2) is 43.5 Å². The van der Waals surface area contributed by atoms with Crippen molar-refractivity contribution in [2.24, 2.45) is 0 Å². The molecule has 1 saturated heterocycles. The topological polar surface area (TPSA) is 83.9 Å². The predicted octanol–water partition coefficient (Wildman–Crippen LogP) is 1.20. The number of likely N-dealkylation sites (tertiary alicyclic amines) is 1. The first-order valence-electron chi connectivity index (χ1n) is 6.66. The molecular weight excluding hydrogens is 260 g/mol. The van der Waals surface area contributed by atoms with Gasteiger partial charge in [0, 0.05) is 18.7 Å². The van der Waals surface area contributed by atoms with Crippen LogP contribution in [0.15, 0.2) is 24.4 Å². The SMILES string of the molecule is O=[N+]([O-])c1c(CN2CCCC2CO)nc2ccccn12. The minimum Gasteiger partial charge on any atom is -0.395 e. The lowest BCUT2D eigenvalue weighted by molar-refractivity contribution is -0.391. The summed E-state index contributed by atoms with van der Waals surface area (Å²) in [7, 11) is 0. The summed E-state index contributed by atoms with van der Waals surface area (Å²) >= 11 is 0. The van der Waals surface area contributed by atoms with Crippen molar-refractivity contribution in [3.63, 3.8) is 0 Å². The van der Waals surface area contributed by atoms with Crippen molar-refractivity contribution in [2.75, 3.05) is 13.2 Å². The molecule has 0 aromatic carbocycles. The monoisotopic (exact) mass is 276 g/mol. The average Bonchev–Trinajstić information content (AvgIpc) is 3.02. The second-order valence-electron chi connectivity index (χ2n) is 5.02. The van der Waals surface area contributed by atoms with Crippen molar-refractivity contribution in [1.82, 2.24) is 14.3 Å². The third kappa shape index (κ3) is 2.14. The van der Waals surface area contributed by atoms with Gasteiger partial charge in [0.15, 0.2) is 5.69 Å². The molecule has 2 aromatic heterocycles. The number of aromatic nitrogens is 2. The van der Waals surface area contributed by atoms with E-state index < -0.39 is 0 Å². The van der Waals surface area contributed by atoms with Gasteiger partial charge in [-0.3, -0.25) is 4.90 Å². The molecule has 1 aliphatic heterocycles. The molecule has 7 heteroatoms. The molecule has 0 saturated carbocycles. The molecule has 0 radical (unpaired) electrons. The van der Waals surface area contributed by atoms with Gasteiger partial charge in [-0.15, -0.1) is 0 Å². The fourth-order valence-corrected chi connectivity index (χ4v) is 2.83. The minimum absolute atomic E-state index is 0.0178. The van der Waals surface area contributed by atoms with E-state index in [-0.39, 0.29) is 23.4 Å². The van der Waals surface area contributed by atoms with Gasteiger partial charge in [0.1, 0.15) is 0 Å². The molecule has 20 heavy (non-hydrogen) atoms. The van der Waals surface area contributed by atoms with Crippen molar-refractivity contribution in [1.29, 1.82) is 0 Å². The third-order valence-corrected chi connectivity index (χ3v) is 3.81. The Hall–Kier alpha value is -1.99. The number of pyridine rings is 1. The summed E-state index contributed by atoms with van der Waals surface area (Å²) in [6, 6.07) is 5.39. The van der Waals surface area contributed by atoms with E-state index in [9.17, 15) is 15.2 Å². The number of hydrogen-bond acceptors (Lipinski definition) is 5. The van der Waals surface area contributed by atoms with Gasteiger partial charge < -0.3 is 15.2 Å². The third-order valence-electron chi connectivity index (χ3n) is 3.81. The molecular formula is C13H16N4O3. The molecule has 0 spiro atoms. The molecule has 1 N–H and O–H groups in total. The number of nitro groups is 1. The van der Waals surface area contributed by atoms with Crippen LogP contribution in [0.1, 0.15) is 18.5 Å². The zero-order valence-corrected chi connectivity index (χ0v) is 11.0. The molecule has 3 rings (SSSR count). The van der Waals surface area contributed by atoms with Crippen molar-refractivity contribution in [2.45, 2.75) is 25.4 Å². The number of imidazole rings is 1. The first kappa shape index (κ1) is 13.0. The lowest BCUT2D eigenvalue weighted by Gasteiger charge is -2.21. The van der Waals surface area contributed by atoms with E-state index in [2.05, 4.69) is 9.88 Å². The van der Waals surface area contributed by atoms with Crippen LogP contribution in [0, 0.1) is 10.1 Å². The molecule has 2 aromatic rings. The number of fused-ring (bicyclic) bond motifs is 1. The number of rotatable bonds is 4. The Morgan fingerprint density at radius 1 is 1.50 bits per heavy atom. The molecule has 1 atom stereocenters. The van der Waals surface area contributed by atoms with Gasteiger partial charge in [-0.1, -0.05) is 6.07 Å². The molecule has 0 amide bonds. The van der Waals surface area contributed by atoms with Gasteiger partial charge in [0.25, 0.3) is 0 Å². The Kier molecular flexibility index (Phi) is 3.37. The summed E-state index contributed by atoms with van der Waals surface area (Å²) < 4.78 is 1.50. The smallest absolute Gasteiger partial charge is 0.352 e. The van der Waals surface area contributed by atoms with E-state index in [1.807, 2.05) is 6.07 Å². The highest BCUT2D eigenvalue weighted by Crippen LogP contribution is 2.25. The zero-order chi connectivity index (χ0) is 14.1. The van der Waals surface area contributed by atoms with Crippen LogP contribution >= 0.6 is 0 Å². The molecule has 106 valence electrons. The molecule has 1 aliphatic rings. The van der Waals surface area contributed by atoms with E-state index in [4.69, 9.17) is 0 Å². The molecule has 0 aliphatic carbocycles. The molecule has 1 fully saturated rings. The van der Waals surface area contributed by atoms with Gasteiger partial charge in [0.05, 0.1) is 12.8 Å². The van der Waals surface area contributed by atoms with Gasteiger partial charge in [-0.05, 0) is 30.4 Å². The predicted molar refractivity (Wildman–Crippen MR) is 72.4 cm³/mol. The standard InChI is InChI=1S/C13H16N4O3/c18-9-10-4-3-6-15(10)8-11-13(17(19)20)16-7-2-1-5-12(16)14-11/h1-2,5,7,10,18H,3-4,6,8-9H2. The molecule has 1 unspecified atom stereocenters. The zero-order valence-electron chi connectivity index (χ0n) is 11.0. The number of aliphatic hydroxyl groups excluding tert-OH is 1. The first-order valence-corrected chi connectivity index (χ1v) is 6.66. The Bertz CT molecular complexity index is 640. The van der Waals surface area contributed by atoms with Crippen molar-refractivity contribution >= 4 is 11.5 Å². The Morgan fingerprint density at radius 3 is 3.10 bits per heavy atom. The number of nitrogens with zero attached hydrogens (tertiary/aromatic N) is 4. The maximum Gasteiger partial charge on any atom is 0.352 e. The van der Waals surface area contributed by atoms with E-state index in [1.54, 1.807) is 18.3 Å². The Morgan fingerprint density at radius 2 is 2.35 bits per heavy atom. The average molecular weight is 276 g/mol. The van der Waals surface area contributed by atoms with Crippen molar-refractivity contribution in [3.05, 3.63) is 40.2 Å². The largest absolute Gasteiger partial charge is 0.395 e. The summed E-state index contributed by atoms with van der Waals surface area (Å²) in [4.78, 5) is 17.3. The fraction of sp³-hybridized carbons (Fsp3) is 0.462. The van der Waals surface area contributed by atoms with Crippen LogP contribution in [0.2, 0.25) is 0 Å². The highest BCUT2D eigenvalue weighted by Gasteiger charge is 2.29. The quantitative estimate of drug-likeness (QED) is 0.670. The fourth-order valence-electron chi connectivity index (χ4n) is 2.83. The first-order chi connectivity index (χ1) is 9.70. The summed E-state index contributed by atoms with van der Waals surface area (Å²) in [5, 5.41) is 20.6. The van der Waals surface area contributed by atoms with Crippen LogP contribution in [0.25, 0.3) is 5.65 Å². The van der Waals surface area contributed by atoms with Gasteiger partial charge in [-0.2, -0.15) is 4.40 Å². The van der Waals surface area contributed by atoms with Crippen molar-refractivity contribution in [3.8, 4) is 0 Å². The summed E-state index contributed by atoms with van der Waals surface area (Å²) in [5.74, 6) is 0.0178. The Labute approximate surface area is 115 Å². The highest BCUT2D eigenvalue weighted by atomic mass is 16.6. The van der Waals surface area contributed by atoms with Gasteiger partial charge >= 0.3 is 5.82 Å². The second-order valence-corrected chi connectivity index (χ2v) is 5.02. The number of aliphatic hydroxyl groups is 1. The molecule has 3 heterocycles. The van der Waals surface area contributed by atoms with Gasteiger partial charge in [0.2, 0.25) is 5.65 Å². The Balaban J connectivity index is 1.98. The minimum atomic E-state index is -0.390. The van der Waals surface area contributed by atoms with Crippen molar-refractivity contribution < 1.29 is 10.0 Å². The second kappa shape index (κ2) is 5.18. The summed E-state index contributed by atoms with van der Waals surface area (Å²) in [6.45, 7) is 1.33. The lowest BCUT2D eigenvalue weighted by atomic mass is 10.2. The van der Waals surface area contributed by atoms with E-state index in [1.165, 1.54) is 4.40 Å². The lowest BCUT2D eigenvalue weighted by Crippen LogP contribution is -2.31. The normalized spacial score (nSPS) is 19.8. The van der Waals surface area contributed by atoms with Crippen LogP contribution < -0.4 is 0 Å². The molecule has 0 bridgehead atoms. The van der Waals surface area contributed by atoms with Gasteiger partial charge in [-0.25, -0.2) is 4.98 Å². The number of hydrogen-bond donors (Lipinski definition) is 1. The van der Waals surface area contributed by atoms with Crippen LogP contribution in [0.5, 0.6) is 0 Å². The van der Waals surface area contributed by atoms with E-state index >= 15 is 0 Å². The maximum atomic E-state index is 11.3. The van der Waals surface area contributed by atoms with Crippen LogP contribution in [0.3, 0.4) is 0 Å². The summed E-state index contributed by atoms with van der Waals surface area (Å²) in [6.07, 6.45) is 3.58. The van der Waals surface area contributed by atoms with E-state index in [0.717, 1.165) is 19.4 Å². The van der Waals surface area contributed by atoms with E-state index in [0.29, 0.717) is 17.9 Å².